The van der Waals surface area contributed by atoms with Gasteiger partial charge in [0.2, 0.25) is 0 Å². The first kappa shape index (κ1) is 10.3. The van der Waals surface area contributed by atoms with E-state index in [2.05, 4.69) is 19.6 Å². The van der Waals surface area contributed by atoms with Crippen molar-refractivity contribution in [2.75, 3.05) is 5.75 Å². The van der Waals surface area contributed by atoms with Gasteiger partial charge < -0.3 is 0 Å². The van der Waals surface area contributed by atoms with Crippen LogP contribution in [0.5, 0.6) is 0 Å². The minimum atomic E-state index is 0.0892. The van der Waals surface area contributed by atoms with E-state index in [-0.39, 0.29) is 11.5 Å². The number of hydrogen-bond acceptors (Lipinski definition) is 2. The summed E-state index contributed by atoms with van der Waals surface area (Å²) in [6, 6.07) is 7.79. The molecule has 70 valence electrons. The highest BCUT2D eigenvalue weighted by molar-refractivity contribution is 7.81. The Morgan fingerprint density at radius 1 is 1.31 bits per heavy atom. The highest BCUT2D eigenvalue weighted by Crippen LogP contribution is 2.07. The van der Waals surface area contributed by atoms with Gasteiger partial charge in [-0.15, -0.1) is 0 Å². The number of ketones is 1. The van der Waals surface area contributed by atoms with Crippen LogP contribution >= 0.6 is 12.6 Å². The van der Waals surface area contributed by atoms with Crippen LogP contribution in [0.2, 0.25) is 0 Å². The van der Waals surface area contributed by atoms with Crippen LogP contribution in [0.15, 0.2) is 24.3 Å². The average Bonchev–Trinajstić information content (AvgIpc) is 2.18. The van der Waals surface area contributed by atoms with Gasteiger partial charge in [-0.3, -0.25) is 4.79 Å². The highest BCUT2D eigenvalue weighted by Gasteiger charge is 2.01. The molecule has 13 heavy (non-hydrogen) atoms. The standard InChI is InChI=1S/C11H14OS/c1-2-3-9-4-6-10(7-5-9)11(12)8-13/h4-7,13H,2-3,8H2,1H3. The first-order valence-corrected chi connectivity index (χ1v) is 5.14. The van der Waals surface area contributed by atoms with Crippen molar-refractivity contribution >= 4 is 18.4 Å². The molecule has 0 atom stereocenters. The molecule has 0 spiro atoms. The SMILES string of the molecule is CCCc1ccc(C(=O)CS)cc1. The van der Waals surface area contributed by atoms with E-state index in [9.17, 15) is 4.79 Å². The number of rotatable bonds is 4. The van der Waals surface area contributed by atoms with Gasteiger partial charge in [0.05, 0.1) is 5.75 Å². The van der Waals surface area contributed by atoms with E-state index < -0.39 is 0 Å². The number of benzene rings is 1. The fourth-order valence-corrected chi connectivity index (χ4v) is 1.42. The van der Waals surface area contributed by atoms with Crippen LogP contribution in [-0.4, -0.2) is 11.5 Å². The zero-order valence-electron chi connectivity index (χ0n) is 7.79. The predicted molar refractivity (Wildman–Crippen MR) is 58.6 cm³/mol. The van der Waals surface area contributed by atoms with Crippen molar-refractivity contribution in [1.29, 1.82) is 0 Å². The quantitative estimate of drug-likeness (QED) is 0.576. The van der Waals surface area contributed by atoms with Gasteiger partial charge >= 0.3 is 0 Å². The summed E-state index contributed by atoms with van der Waals surface area (Å²) in [7, 11) is 0. The molecular weight excluding hydrogens is 180 g/mol. The molecule has 1 nitrogen and oxygen atoms in total. The van der Waals surface area contributed by atoms with Crippen molar-refractivity contribution in [2.45, 2.75) is 19.8 Å². The van der Waals surface area contributed by atoms with E-state index in [1.54, 1.807) is 0 Å². The Balaban J connectivity index is 2.75. The number of hydrogen-bond donors (Lipinski definition) is 1. The Morgan fingerprint density at radius 3 is 2.38 bits per heavy atom. The monoisotopic (exact) mass is 194 g/mol. The fraction of sp³-hybridized carbons (Fsp3) is 0.364. The molecule has 0 saturated heterocycles. The topological polar surface area (TPSA) is 17.1 Å². The minimum Gasteiger partial charge on any atom is -0.293 e. The molecule has 0 radical (unpaired) electrons. The predicted octanol–water partition coefficient (Wildman–Crippen LogP) is 2.75. The van der Waals surface area contributed by atoms with Crippen LogP contribution < -0.4 is 0 Å². The molecule has 0 aliphatic rings. The summed E-state index contributed by atoms with van der Waals surface area (Å²) in [6.07, 6.45) is 2.22. The number of Topliss-reactive ketones (excluding diaryl/α,β-unsaturated/α-hetero) is 1. The van der Waals surface area contributed by atoms with E-state index in [4.69, 9.17) is 0 Å². The lowest BCUT2D eigenvalue weighted by atomic mass is 10.1. The van der Waals surface area contributed by atoms with Gasteiger partial charge in [-0.25, -0.2) is 0 Å². The third-order valence-electron chi connectivity index (χ3n) is 1.96. The molecule has 1 aromatic rings. The van der Waals surface area contributed by atoms with Crippen LogP contribution in [0.1, 0.15) is 29.3 Å². The lowest BCUT2D eigenvalue weighted by Gasteiger charge is -2.00. The van der Waals surface area contributed by atoms with Crippen molar-refractivity contribution in [3.63, 3.8) is 0 Å². The van der Waals surface area contributed by atoms with E-state index in [0.29, 0.717) is 0 Å². The summed E-state index contributed by atoms with van der Waals surface area (Å²) < 4.78 is 0. The molecule has 0 aliphatic heterocycles. The molecule has 0 saturated carbocycles. The van der Waals surface area contributed by atoms with E-state index >= 15 is 0 Å². The van der Waals surface area contributed by atoms with Crippen molar-refractivity contribution in [3.05, 3.63) is 35.4 Å². The van der Waals surface area contributed by atoms with E-state index in [1.165, 1.54) is 5.56 Å². The maximum Gasteiger partial charge on any atom is 0.172 e. The zero-order valence-corrected chi connectivity index (χ0v) is 8.68. The van der Waals surface area contributed by atoms with Gasteiger partial charge in [0.1, 0.15) is 0 Å². The number of aryl methyl sites for hydroxylation is 1. The van der Waals surface area contributed by atoms with Gasteiger partial charge in [0, 0.05) is 5.56 Å². The molecule has 0 fully saturated rings. The number of thiol groups is 1. The van der Waals surface area contributed by atoms with Crippen LogP contribution in [0, 0.1) is 0 Å². The normalized spacial score (nSPS) is 10.0. The second-order valence-electron chi connectivity index (χ2n) is 3.03. The largest absolute Gasteiger partial charge is 0.293 e. The summed E-state index contributed by atoms with van der Waals surface area (Å²) >= 11 is 3.94. The molecule has 1 aromatic carbocycles. The van der Waals surface area contributed by atoms with E-state index in [0.717, 1.165) is 18.4 Å². The molecular formula is C11H14OS. The summed E-state index contributed by atoms with van der Waals surface area (Å²) in [5.41, 5.74) is 2.05. The number of carbonyl (C=O) groups is 1. The third-order valence-corrected chi connectivity index (χ3v) is 2.25. The van der Waals surface area contributed by atoms with Gasteiger partial charge in [0.25, 0.3) is 0 Å². The Labute approximate surface area is 84.6 Å². The van der Waals surface area contributed by atoms with Crippen molar-refractivity contribution in [2.24, 2.45) is 0 Å². The second-order valence-corrected chi connectivity index (χ2v) is 3.34. The first-order valence-electron chi connectivity index (χ1n) is 4.51. The van der Waals surface area contributed by atoms with Gasteiger partial charge in [0.15, 0.2) is 5.78 Å². The Hall–Kier alpha value is -0.760. The van der Waals surface area contributed by atoms with Crippen molar-refractivity contribution < 1.29 is 4.79 Å². The minimum absolute atomic E-state index is 0.0892. The lowest BCUT2D eigenvalue weighted by molar-refractivity contribution is 0.102. The zero-order chi connectivity index (χ0) is 9.68. The van der Waals surface area contributed by atoms with Crippen molar-refractivity contribution in [1.82, 2.24) is 0 Å². The Kier molecular flexibility index (Phi) is 4.03. The van der Waals surface area contributed by atoms with Crippen LogP contribution in [0.3, 0.4) is 0 Å². The first-order chi connectivity index (χ1) is 6.27. The highest BCUT2D eigenvalue weighted by atomic mass is 32.1. The van der Waals surface area contributed by atoms with E-state index in [1.807, 2.05) is 24.3 Å². The fourth-order valence-electron chi connectivity index (χ4n) is 1.24. The summed E-state index contributed by atoms with van der Waals surface area (Å²) in [6.45, 7) is 2.15. The van der Waals surface area contributed by atoms with Crippen molar-refractivity contribution in [3.8, 4) is 0 Å². The third kappa shape index (κ3) is 2.88. The average molecular weight is 194 g/mol. The smallest absolute Gasteiger partial charge is 0.172 e. The second kappa shape index (κ2) is 5.07. The maximum atomic E-state index is 11.2. The molecule has 2 heteroatoms. The molecule has 0 aromatic heterocycles. The molecule has 1 rings (SSSR count). The van der Waals surface area contributed by atoms with Gasteiger partial charge in [-0.2, -0.15) is 12.6 Å². The molecule has 0 heterocycles. The molecule has 0 bridgehead atoms. The van der Waals surface area contributed by atoms with Crippen LogP contribution in [0.25, 0.3) is 0 Å². The molecule has 0 amide bonds. The summed E-state index contributed by atoms with van der Waals surface area (Å²) in [4.78, 5) is 11.2. The molecule has 0 unspecified atom stereocenters. The molecule has 0 aliphatic carbocycles. The Bertz CT molecular complexity index is 277. The van der Waals surface area contributed by atoms with Crippen LogP contribution in [0.4, 0.5) is 0 Å². The molecule has 0 N–H and O–H groups in total. The summed E-state index contributed by atoms with van der Waals surface area (Å²) in [5.74, 6) is 0.374. The maximum absolute atomic E-state index is 11.2. The number of carbonyl (C=O) groups excluding carboxylic acids is 1. The Morgan fingerprint density at radius 2 is 1.92 bits per heavy atom. The van der Waals surface area contributed by atoms with Gasteiger partial charge in [-0.05, 0) is 12.0 Å². The van der Waals surface area contributed by atoms with Crippen LogP contribution in [-0.2, 0) is 6.42 Å². The lowest BCUT2D eigenvalue weighted by Crippen LogP contribution is -1.99. The van der Waals surface area contributed by atoms with Gasteiger partial charge in [-0.1, -0.05) is 37.6 Å². The summed E-state index contributed by atoms with van der Waals surface area (Å²) in [5, 5.41) is 0.